The van der Waals surface area contributed by atoms with Gasteiger partial charge in [-0.15, -0.1) is 47.0 Å². The number of thioether (sulfide) groups is 6. The average molecular weight is 491 g/mol. The molecule has 2 rings (SSSR count). The fourth-order valence-electron chi connectivity index (χ4n) is 2.52. The van der Waals surface area contributed by atoms with Crippen LogP contribution in [0, 0.1) is 0 Å². The Hall–Kier alpha value is 0.400. The molecule has 154 valence electrons. The second kappa shape index (κ2) is 14.4. The van der Waals surface area contributed by atoms with Crippen LogP contribution in [0.1, 0.15) is 38.5 Å². The molecule has 2 heterocycles. The molecule has 0 radical (unpaired) electrons. The first kappa shape index (κ1) is 24.7. The van der Waals surface area contributed by atoms with Crippen molar-refractivity contribution in [3.05, 3.63) is 45.9 Å². The maximum atomic E-state index is 11.3. The van der Waals surface area contributed by atoms with Crippen molar-refractivity contribution < 1.29 is 9.59 Å². The predicted octanol–water partition coefficient (Wildman–Crippen LogP) is 7.51. The summed E-state index contributed by atoms with van der Waals surface area (Å²) in [7, 11) is 0. The molecule has 0 saturated carbocycles. The van der Waals surface area contributed by atoms with Gasteiger partial charge >= 0.3 is 0 Å². The Morgan fingerprint density at radius 3 is 1.64 bits per heavy atom. The quantitative estimate of drug-likeness (QED) is 0.194. The molecule has 0 spiro atoms. The molecule has 2 aliphatic heterocycles. The zero-order valence-electron chi connectivity index (χ0n) is 15.8. The molecule has 0 saturated heterocycles. The summed E-state index contributed by atoms with van der Waals surface area (Å²) in [5.41, 5.74) is 0. The highest BCUT2D eigenvalue weighted by Gasteiger charge is 2.20. The highest BCUT2D eigenvalue weighted by Crippen LogP contribution is 2.45. The van der Waals surface area contributed by atoms with Crippen LogP contribution < -0.4 is 0 Å². The van der Waals surface area contributed by atoms with E-state index in [0.29, 0.717) is 9.16 Å². The summed E-state index contributed by atoms with van der Waals surface area (Å²) in [6.07, 6.45) is 10.4. The molecule has 0 aromatic rings. The highest BCUT2D eigenvalue weighted by atomic mass is 32.2. The smallest absolute Gasteiger partial charge is 0.211 e. The lowest BCUT2D eigenvalue weighted by molar-refractivity contribution is -0.107. The third-order valence-corrected chi connectivity index (χ3v) is 11.7. The van der Waals surface area contributed by atoms with E-state index in [9.17, 15) is 9.59 Å². The third-order valence-electron chi connectivity index (χ3n) is 3.94. The Kier molecular flexibility index (Phi) is 12.7. The van der Waals surface area contributed by atoms with Gasteiger partial charge in [0.25, 0.3) is 0 Å². The molecule has 0 amide bonds. The SMILES string of the molecule is C=CC(=O)SCC1=CSC(CCCCCCC2SC=C(CSC(=O)C=C)S2)S1. The zero-order valence-corrected chi connectivity index (χ0v) is 20.7. The summed E-state index contributed by atoms with van der Waals surface area (Å²) in [5, 5.41) is 4.55. The van der Waals surface area contributed by atoms with Gasteiger partial charge in [0.05, 0.1) is 9.16 Å². The molecule has 2 aliphatic rings. The molecule has 0 aromatic heterocycles. The second-order valence-corrected chi connectivity index (χ2v) is 13.5. The van der Waals surface area contributed by atoms with Crippen LogP contribution in [0.4, 0.5) is 0 Å². The molecular formula is C20H26O2S6. The Morgan fingerprint density at radius 1 is 0.821 bits per heavy atom. The summed E-state index contributed by atoms with van der Waals surface area (Å²) in [6.45, 7) is 7.02. The molecule has 0 N–H and O–H groups in total. The molecule has 0 aliphatic carbocycles. The van der Waals surface area contributed by atoms with Crippen molar-refractivity contribution in [2.24, 2.45) is 0 Å². The number of hydrogen-bond donors (Lipinski definition) is 0. The van der Waals surface area contributed by atoms with E-state index in [0.717, 1.165) is 11.5 Å². The van der Waals surface area contributed by atoms with Crippen molar-refractivity contribution in [2.45, 2.75) is 47.7 Å². The van der Waals surface area contributed by atoms with Crippen LogP contribution in [0.15, 0.2) is 45.9 Å². The van der Waals surface area contributed by atoms with E-state index in [2.05, 4.69) is 24.0 Å². The topological polar surface area (TPSA) is 34.1 Å². The second-order valence-electron chi connectivity index (χ2n) is 6.15. The molecule has 8 heteroatoms. The number of hydrogen-bond acceptors (Lipinski definition) is 8. The molecular weight excluding hydrogens is 465 g/mol. The fourth-order valence-corrected chi connectivity index (χ4v) is 9.52. The first-order chi connectivity index (χ1) is 13.6. The van der Waals surface area contributed by atoms with Gasteiger partial charge in [0.15, 0.2) is 0 Å². The van der Waals surface area contributed by atoms with Gasteiger partial charge in [-0.3, -0.25) is 9.59 Å². The standard InChI is InChI=1S/C20H26O2S6/c1-3-17(21)23-11-15-13-25-19(27-15)9-7-5-6-8-10-20-26-14-16(28-20)12-24-18(22)4-2/h3-4,13-14,19-20H,1-2,5-12H2. The fraction of sp³-hybridized carbons (Fsp3) is 0.500. The van der Waals surface area contributed by atoms with Crippen LogP contribution in [-0.2, 0) is 9.59 Å². The Bertz CT molecular complexity index is 574. The maximum absolute atomic E-state index is 11.3. The van der Waals surface area contributed by atoms with E-state index >= 15 is 0 Å². The lowest BCUT2D eigenvalue weighted by atomic mass is 10.1. The van der Waals surface area contributed by atoms with Gasteiger partial charge in [-0.25, -0.2) is 0 Å². The van der Waals surface area contributed by atoms with Gasteiger partial charge in [0, 0.05) is 21.3 Å². The van der Waals surface area contributed by atoms with Crippen LogP contribution in [-0.4, -0.2) is 30.9 Å². The summed E-state index contributed by atoms with van der Waals surface area (Å²) in [6, 6.07) is 0. The summed E-state index contributed by atoms with van der Waals surface area (Å²) < 4.78 is 1.25. The van der Waals surface area contributed by atoms with E-state index in [4.69, 9.17) is 0 Å². The summed E-state index contributed by atoms with van der Waals surface area (Å²) in [4.78, 5) is 25.2. The van der Waals surface area contributed by atoms with Gasteiger partial charge in [-0.2, -0.15) is 0 Å². The van der Waals surface area contributed by atoms with Gasteiger partial charge < -0.3 is 0 Å². The number of carbonyl (C=O) groups excluding carboxylic acids is 2. The van der Waals surface area contributed by atoms with E-state index in [1.54, 1.807) is 0 Å². The number of unbranched alkanes of at least 4 members (excludes halogenated alkanes) is 3. The zero-order chi connectivity index (χ0) is 20.2. The highest BCUT2D eigenvalue weighted by molar-refractivity contribution is 8.24. The van der Waals surface area contributed by atoms with E-state index < -0.39 is 0 Å². The van der Waals surface area contributed by atoms with Gasteiger partial charge in [-0.05, 0) is 35.8 Å². The van der Waals surface area contributed by atoms with Gasteiger partial charge in [0.1, 0.15) is 0 Å². The Morgan fingerprint density at radius 2 is 1.25 bits per heavy atom. The van der Waals surface area contributed by atoms with Crippen molar-refractivity contribution in [3.63, 3.8) is 0 Å². The van der Waals surface area contributed by atoms with Gasteiger partial charge in [-0.1, -0.05) is 62.4 Å². The number of rotatable bonds is 13. The average Bonchev–Trinajstić information content (AvgIpc) is 3.36. The van der Waals surface area contributed by atoms with Crippen molar-refractivity contribution in [1.29, 1.82) is 0 Å². The van der Waals surface area contributed by atoms with Crippen molar-refractivity contribution >= 4 is 80.8 Å². The third kappa shape index (κ3) is 9.94. The normalized spacial score (nSPS) is 21.3. The van der Waals surface area contributed by atoms with Crippen LogP contribution in [0.3, 0.4) is 0 Å². The van der Waals surface area contributed by atoms with E-state index in [1.807, 2.05) is 47.0 Å². The first-order valence-corrected chi connectivity index (χ1v) is 14.8. The lowest BCUT2D eigenvalue weighted by Gasteiger charge is -2.10. The molecule has 2 unspecified atom stereocenters. The Balaban J connectivity index is 1.44. The minimum atomic E-state index is 0.0554. The Labute approximate surface area is 194 Å². The molecule has 2 nitrogen and oxygen atoms in total. The summed E-state index contributed by atoms with van der Waals surface area (Å²) >= 11 is 10.3. The minimum absolute atomic E-state index is 0.0554. The molecule has 28 heavy (non-hydrogen) atoms. The summed E-state index contributed by atoms with van der Waals surface area (Å²) in [5.74, 6) is 1.57. The maximum Gasteiger partial charge on any atom is 0.211 e. The number of carbonyl (C=O) groups is 2. The largest absolute Gasteiger partial charge is 0.282 e. The minimum Gasteiger partial charge on any atom is -0.282 e. The van der Waals surface area contributed by atoms with Crippen LogP contribution in [0.5, 0.6) is 0 Å². The monoisotopic (exact) mass is 490 g/mol. The van der Waals surface area contributed by atoms with Crippen molar-refractivity contribution in [1.82, 2.24) is 0 Å². The van der Waals surface area contributed by atoms with Crippen molar-refractivity contribution in [2.75, 3.05) is 11.5 Å². The van der Waals surface area contributed by atoms with Crippen LogP contribution in [0.2, 0.25) is 0 Å². The molecule has 0 bridgehead atoms. The predicted molar refractivity (Wildman–Crippen MR) is 137 cm³/mol. The van der Waals surface area contributed by atoms with Gasteiger partial charge in [0.2, 0.25) is 10.2 Å². The first-order valence-electron chi connectivity index (χ1n) is 9.21. The molecule has 0 fully saturated rings. The van der Waals surface area contributed by atoms with Crippen LogP contribution in [0.25, 0.3) is 0 Å². The van der Waals surface area contributed by atoms with E-state index in [-0.39, 0.29) is 10.2 Å². The molecule has 2 atom stereocenters. The lowest BCUT2D eigenvalue weighted by Crippen LogP contribution is -1.95. The van der Waals surface area contributed by atoms with Crippen LogP contribution >= 0.6 is 70.6 Å². The van der Waals surface area contributed by atoms with E-state index in [1.165, 1.54) is 84.0 Å². The molecule has 0 aromatic carbocycles. The van der Waals surface area contributed by atoms with Crippen molar-refractivity contribution in [3.8, 4) is 0 Å².